The standard InChI is InChI=1S/C15H26N2O6S/c1-2-21-9-14(18)17-10-15(11-17)12-24(19,20)13(8-23-15)7-16-3-5-22-6-4-16/h13H,2-12H2,1H3/t13-/m0/s1. The summed E-state index contributed by atoms with van der Waals surface area (Å²) in [4.78, 5) is 15.6. The summed E-state index contributed by atoms with van der Waals surface area (Å²) in [5.41, 5.74) is -0.720. The van der Waals surface area contributed by atoms with Crippen molar-refractivity contribution < 1.29 is 27.4 Å². The number of carbonyl (C=O) groups is 1. The monoisotopic (exact) mass is 362 g/mol. The van der Waals surface area contributed by atoms with Gasteiger partial charge in [0, 0.05) is 26.2 Å². The Hall–Kier alpha value is -0.740. The molecule has 3 rings (SSSR count). The number of rotatable bonds is 5. The van der Waals surface area contributed by atoms with Crippen molar-refractivity contribution in [2.45, 2.75) is 17.8 Å². The third-order valence-electron chi connectivity index (χ3n) is 4.85. The molecule has 0 aromatic heterocycles. The molecule has 1 spiro atoms. The van der Waals surface area contributed by atoms with Crippen molar-refractivity contribution in [2.24, 2.45) is 0 Å². The van der Waals surface area contributed by atoms with Crippen molar-refractivity contribution in [3.63, 3.8) is 0 Å². The topological polar surface area (TPSA) is 85.4 Å². The smallest absolute Gasteiger partial charge is 0.248 e. The molecule has 8 nitrogen and oxygen atoms in total. The molecule has 3 aliphatic rings. The number of ether oxygens (including phenoxy) is 3. The van der Waals surface area contributed by atoms with Crippen LogP contribution in [0.1, 0.15) is 6.92 Å². The third kappa shape index (κ3) is 3.91. The van der Waals surface area contributed by atoms with Gasteiger partial charge in [-0.05, 0) is 6.92 Å². The molecule has 0 N–H and O–H groups in total. The molecule has 3 heterocycles. The normalized spacial score (nSPS) is 29.4. The molecule has 0 aromatic rings. The lowest BCUT2D eigenvalue weighted by Crippen LogP contribution is -2.71. The number of carbonyl (C=O) groups excluding carboxylic acids is 1. The molecule has 3 fully saturated rings. The Bertz CT molecular complexity index is 554. The van der Waals surface area contributed by atoms with Gasteiger partial charge in [-0.3, -0.25) is 9.69 Å². The van der Waals surface area contributed by atoms with Crippen LogP contribution in [-0.2, 0) is 28.8 Å². The molecule has 0 unspecified atom stereocenters. The molecule has 0 aromatic carbocycles. The van der Waals surface area contributed by atoms with Gasteiger partial charge in [-0.1, -0.05) is 0 Å². The average molecular weight is 362 g/mol. The summed E-state index contributed by atoms with van der Waals surface area (Å²) in [6.07, 6.45) is 0. The summed E-state index contributed by atoms with van der Waals surface area (Å²) in [5.74, 6) is -0.119. The van der Waals surface area contributed by atoms with E-state index >= 15 is 0 Å². The molecule has 1 amide bonds. The number of sulfone groups is 1. The molecular formula is C15H26N2O6S. The number of hydrogen-bond acceptors (Lipinski definition) is 7. The second-order valence-corrected chi connectivity index (χ2v) is 9.00. The van der Waals surface area contributed by atoms with E-state index in [1.165, 1.54) is 0 Å². The van der Waals surface area contributed by atoms with Crippen molar-refractivity contribution in [3.05, 3.63) is 0 Å². The van der Waals surface area contributed by atoms with E-state index in [-0.39, 0.29) is 24.9 Å². The maximum absolute atomic E-state index is 12.6. The highest BCUT2D eigenvalue weighted by molar-refractivity contribution is 7.92. The molecule has 1 atom stereocenters. The number of likely N-dealkylation sites (tertiary alicyclic amines) is 1. The zero-order valence-corrected chi connectivity index (χ0v) is 14.9. The Labute approximate surface area is 142 Å². The Kier molecular flexibility index (Phi) is 5.45. The fraction of sp³-hybridized carbons (Fsp3) is 0.933. The summed E-state index contributed by atoms with van der Waals surface area (Å²) in [6, 6.07) is 0. The van der Waals surface area contributed by atoms with Crippen molar-refractivity contribution in [2.75, 3.05) is 71.5 Å². The first kappa shape index (κ1) is 18.1. The maximum Gasteiger partial charge on any atom is 0.248 e. The van der Waals surface area contributed by atoms with Gasteiger partial charge in [0.15, 0.2) is 9.84 Å². The van der Waals surface area contributed by atoms with Gasteiger partial charge >= 0.3 is 0 Å². The predicted octanol–water partition coefficient (Wildman–Crippen LogP) is -1.25. The Morgan fingerprint density at radius 3 is 2.62 bits per heavy atom. The van der Waals surface area contributed by atoms with Gasteiger partial charge in [-0.25, -0.2) is 8.42 Å². The summed E-state index contributed by atoms with van der Waals surface area (Å²) in [5, 5.41) is -0.491. The minimum absolute atomic E-state index is 0.00653. The molecule has 0 bridgehead atoms. The van der Waals surface area contributed by atoms with Gasteiger partial charge in [0.1, 0.15) is 12.2 Å². The number of amides is 1. The van der Waals surface area contributed by atoms with Crippen LogP contribution in [0.5, 0.6) is 0 Å². The Morgan fingerprint density at radius 2 is 2.00 bits per heavy atom. The van der Waals surface area contributed by atoms with E-state index in [0.29, 0.717) is 39.5 Å². The van der Waals surface area contributed by atoms with E-state index in [0.717, 1.165) is 13.1 Å². The summed E-state index contributed by atoms with van der Waals surface area (Å²) >= 11 is 0. The first-order valence-electron chi connectivity index (χ1n) is 8.45. The van der Waals surface area contributed by atoms with E-state index in [1.807, 2.05) is 6.92 Å². The fourth-order valence-corrected chi connectivity index (χ4v) is 5.37. The SMILES string of the molecule is CCOCC(=O)N1CC2(C1)CS(=O)(=O)[C@@H](CN1CCOCC1)CO2. The molecule has 0 saturated carbocycles. The summed E-state index contributed by atoms with van der Waals surface area (Å²) in [7, 11) is -3.23. The Morgan fingerprint density at radius 1 is 1.29 bits per heavy atom. The van der Waals surface area contributed by atoms with E-state index in [9.17, 15) is 13.2 Å². The van der Waals surface area contributed by atoms with Crippen LogP contribution in [0.25, 0.3) is 0 Å². The highest BCUT2D eigenvalue weighted by atomic mass is 32.2. The molecule has 138 valence electrons. The van der Waals surface area contributed by atoms with Crippen molar-refractivity contribution in [3.8, 4) is 0 Å². The second kappa shape index (κ2) is 7.25. The first-order valence-corrected chi connectivity index (χ1v) is 10.2. The number of nitrogens with zero attached hydrogens (tertiary/aromatic N) is 2. The lowest BCUT2D eigenvalue weighted by atomic mass is 9.95. The van der Waals surface area contributed by atoms with Crippen LogP contribution in [0.4, 0.5) is 0 Å². The lowest BCUT2D eigenvalue weighted by Gasteiger charge is -2.52. The van der Waals surface area contributed by atoms with E-state index in [2.05, 4.69) is 4.90 Å². The van der Waals surface area contributed by atoms with Gasteiger partial charge in [-0.2, -0.15) is 0 Å². The molecule has 3 saturated heterocycles. The van der Waals surface area contributed by atoms with Crippen LogP contribution in [0.2, 0.25) is 0 Å². The zero-order valence-electron chi connectivity index (χ0n) is 14.1. The highest BCUT2D eigenvalue weighted by Gasteiger charge is 2.53. The van der Waals surface area contributed by atoms with Gasteiger partial charge in [0.25, 0.3) is 0 Å². The van der Waals surface area contributed by atoms with Crippen molar-refractivity contribution in [1.29, 1.82) is 0 Å². The van der Waals surface area contributed by atoms with Crippen LogP contribution < -0.4 is 0 Å². The summed E-state index contributed by atoms with van der Waals surface area (Å²) < 4.78 is 41.6. The highest BCUT2D eigenvalue weighted by Crippen LogP contribution is 2.33. The predicted molar refractivity (Wildman–Crippen MR) is 86.6 cm³/mol. The summed E-state index contributed by atoms with van der Waals surface area (Å²) in [6.45, 7) is 6.54. The quantitative estimate of drug-likeness (QED) is 0.604. The van der Waals surface area contributed by atoms with Gasteiger partial charge < -0.3 is 19.1 Å². The maximum atomic E-state index is 12.6. The molecule has 0 radical (unpaired) electrons. The number of hydrogen-bond donors (Lipinski definition) is 0. The van der Waals surface area contributed by atoms with E-state index in [1.54, 1.807) is 4.90 Å². The zero-order chi connectivity index (χ0) is 17.2. The van der Waals surface area contributed by atoms with Gasteiger partial charge in [-0.15, -0.1) is 0 Å². The molecule has 9 heteroatoms. The fourth-order valence-electron chi connectivity index (χ4n) is 3.43. The number of morpholine rings is 1. The van der Waals surface area contributed by atoms with E-state index in [4.69, 9.17) is 14.2 Å². The molecular weight excluding hydrogens is 336 g/mol. The third-order valence-corrected chi connectivity index (χ3v) is 7.08. The molecule has 0 aliphatic carbocycles. The van der Waals surface area contributed by atoms with Crippen LogP contribution in [0.15, 0.2) is 0 Å². The van der Waals surface area contributed by atoms with Gasteiger partial charge in [0.05, 0.1) is 43.9 Å². The largest absolute Gasteiger partial charge is 0.379 e. The van der Waals surface area contributed by atoms with Crippen LogP contribution in [0.3, 0.4) is 0 Å². The van der Waals surface area contributed by atoms with Crippen molar-refractivity contribution in [1.82, 2.24) is 9.80 Å². The Balaban J connectivity index is 1.52. The van der Waals surface area contributed by atoms with Crippen molar-refractivity contribution >= 4 is 15.7 Å². The second-order valence-electron chi connectivity index (χ2n) is 6.72. The lowest BCUT2D eigenvalue weighted by molar-refractivity contribution is -0.169. The molecule has 24 heavy (non-hydrogen) atoms. The van der Waals surface area contributed by atoms with Gasteiger partial charge in [0.2, 0.25) is 5.91 Å². The first-order chi connectivity index (χ1) is 11.4. The van der Waals surface area contributed by atoms with Crippen LogP contribution in [0, 0.1) is 0 Å². The van der Waals surface area contributed by atoms with E-state index < -0.39 is 20.7 Å². The minimum Gasteiger partial charge on any atom is -0.379 e. The average Bonchev–Trinajstić information content (AvgIpc) is 2.53. The molecule has 3 aliphatic heterocycles. The van der Waals surface area contributed by atoms with Crippen LogP contribution in [-0.4, -0.2) is 106 Å². The minimum atomic E-state index is -3.23. The van der Waals surface area contributed by atoms with Crippen LogP contribution >= 0.6 is 0 Å².